The molecule has 9 nitrogen and oxygen atoms in total. The van der Waals surface area contributed by atoms with E-state index in [1.165, 1.54) is 37.3 Å². The van der Waals surface area contributed by atoms with E-state index in [9.17, 15) is 18.0 Å². The summed E-state index contributed by atoms with van der Waals surface area (Å²) in [7, 11) is -1.37. The molecule has 3 aromatic carbocycles. The van der Waals surface area contributed by atoms with E-state index >= 15 is 0 Å². The van der Waals surface area contributed by atoms with Gasteiger partial charge < -0.3 is 19.7 Å². The molecule has 3 rings (SSSR count). The summed E-state index contributed by atoms with van der Waals surface area (Å²) in [5.74, 6) is -0.264. The van der Waals surface area contributed by atoms with Crippen molar-refractivity contribution in [2.75, 3.05) is 31.6 Å². The fourth-order valence-corrected chi connectivity index (χ4v) is 5.73. The molecule has 0 aliphatic carbocycles. The van der Waals surface area contributed by atoms with Crippen molar-refractivity contribution in [1.29, 1.82) is 0 Å². The largest absolute Gasteiger partial charge is 0.493 e. The zero-order chi connectivity index (χ0) is 29.4. The Morgan fingerprint density at radius 2 is 1.57 bits per heavy atom. The number of hydrogen-bond donors (Lipinski definition) is 1. The Morgan fingerprint density at radius 3 is 2.15 bits per heavy atom. The molecular weight excluding hydrogens is 598 g/mol. The Morgan fingerprint density at radius 1 is 0.950 bits per heavy atom. The highest BCUT2D eigenvalue weighted by Gasteiger charge is 2.33. The second kappa shape index (κ2) is 13.7. The Bertz CT molecular complexity index is 1430. The number of hydrogen-bond acceptors (Lipinski definition) is 6. The van der Waals surface area contributed by atoms with Gasteiger partial charge in [0.15, 0.2) is 11.5 Å². The number of benzene rings is 3. The van der Waals surface area contributed by atoms with Gasteiger partial charge in [-0.1, -0.05) is 45.8 Å². The molecule has 1 N–H and O–H groups in total. The molecule has 0 aliphatic heterocycles. The van der Waals surface area contributed by atoms with E-state index in [0.29, 0.717) is 18.0 Å². The van der Waals surface area contributed by atoms with E-state index in [4.69, 9.17) is 9.47 Å². The molecule has 3 aromatic rings. The van der Waals surface area contributed by atoms with Crippen LogP contribution in [0.15, 0.2) is 76.1 Å². The Hall–Kier alpha value is -3.57. The molecule has 0 unspecified atom stereocenters. The second-order valence-corrected chi connectivity index (χ2v) is 11.9. The number of nitrogens with one attached hydrogen (secondary N) is 1. The summed E-state index contributed by atoms with van der Waals surface area (Å²) in [4.78, 5) is 28.0. The fourth-order valence-electron chi connectivity index (χ4n) is 4.04. The molecular formula is C29H34BrN3O6S. The van der Waals surface area contributed by atoms with Crippen LogP contribution in [0.5, 0.6) is 11.5 Å². The normalized spacial score (nSPS) is 11.8. The van der Waals surface area contributed by atoms with Crippen LogP contribution in [0.1, 0.15) is 25.0 Å². The summed E-state index contributed by atoms with van der Waals surface area (Å²) in [6, 6.07) is 17.6. The lowest BCUT2D eigenvalue weighted by Gasteiger charge is -2.32. The number of ether oxygens (including phenoxy) is 2. The number of nitrogens with zero attached hydrogens (tertiary/aromatic N) is 2. The maximum Gasteiger partial charge on any atom is 0.264 e. The fraction of sp³-hybridized carbons (Fsp3) is 0.310. The van der Waals surface area contributed by atoms with Crippen molar-refractivity contribution in [2.24, 2.45) is 0 Å². The third-order valence-electron chi connectivity index (χ3n) is 6.33. The van der Waals surface area contributed by atoms with Gasteiger partial charge in [-0.2, -0.15) is 0 Å². The summed E-state index contributed by atoms with van der Waals surface area (Å²) in [5.41, 5.74) is 2.03. The maximum absolute atomic E-state index is 14.0. The molecule has 0 saturated carbocycles. The summed E-state index contributed by atoms with van der Waals surface area (Å²) >= 11 is 3.41. The highest BCUT2D eigenvalue weighted by atomic mass is 79.9. The number of aryl methyl sites for hydroxylation is 1. The zero-order valence-electron chi connectivity index (χ0n) is 23.2. The number of rotatable bonds is 12. The minimum Gasteiger partial charge on any atom is -0.493 e. The van der Waals surface area contributed by atoms with Crippen molar-refractivity contribution in [3.8, 4) is 11.5 Å². The van der Waals surface area contributed by atoms with Gasteiger partial charge in [-0.25, -0.2) is 8.42 Å². The number of halogens is 1. The Labute approximate surface area is 244 Å². The van der Waals surface area contributed by atoms with E-state index in [-0.39, 0.29) is 23.1 Å². The predicted octanol–water partition coefficient (Wildman–Crippen LogP) is 4.52. The van der Waals surface area contributed by atoms with Crippen LogP contribution in [0.2, 0.25) is 0 Å². The van der Waals surface area contributed by atoms with Crippen LogP contribution in [0.3, 0.4) is 0 Å². The number of carbonyl (C=O) groups excluding carboxylic acids is 2. The van der Waals surface area contributed by atoms with Gasteiger partial charge in [-0.3, -0.25) is 13.9 Å². The Kier molecular flexibility index (Phi) is 10.6. The molecule has 0 saturated heterocycles. The molecule has 0 bridgehead atoms. The first-order valence-corrected chi connectivity index (χ1v) is 14.9. The molecule has 40 heavy (non-hydrogen) atoms. The van der Waals surface area contributed by atoms with Crippen LogP contribution >= 0.6 is 15.9 Å². The zero-order valence-corrected chi connectivity index (χ0v) is 25.6. The van der Waals surface area contributed by atoms with Crippen molar-refractivity contribution in [2.45, 2.75) is 38.3 Å². The van der Waals surface area contributed by atoms with E-state index < -0.39 is 28.5 Å². The van der Waals surface area contributed by atoms with Gasteiger partial charge in [0.2, 0.25) is 11.8 Å². The van der Waals surface area contributed by atoms with Crippen LogP contribution in [0, 0.1) is 6.92 Å². The topological polar surface area (TPSA) is 105 Å². The third kappa shape index (κ3) is 7.33. The molecule has 0 heterocycles. The van der Waals surface area contributed by atoms with Gasteiger partial charge in [0.05, 0.1) is 24.8 Å². The van der Waals surface area contributed by atoms with Gasteiger partial charge in [0, 0.05) is 23.6 Å². The third-order valence-corrected chi connectivity index (χ3v) is 8.63. The highest BCUT2D eigenvalue weighted by molar-refractivity contribution is 9.10. The molecule has 1 atom stereocenters. The number of amides is 2. The molecule has 2 amide bonds. The van der Waals surface area contributed by atoms with Crippen molar-refractivity contribution < 1.29 is 27.5 Å². The maximum atomic E-state index is 14.0. The average Bonchev–Trinajstić information content (AvgIpc) is 2.95. The van der Waals surface area contributed by atoms with Gasteiger partial charge in [0.25, 0.3) is 10.0 Å². The van der Waals surface area contributed by atoms with Gasteiger partial charge >= 0.3 is 0 Å². The minimum atomic E-state index is -4.24. The van der Waals surface area contributed by atoms with Crippen LogP contribution in [-0.2, 0) is 26.2 Å². The quantitative estimate of drug-likeness (QED) is 0.315. The number of likely N-dealkylation sites (N-methyl/N-ethyl adjacent to an activating group) is 1. The monoisotopic (exact) mass is 631 g/mol. The molecule has 0 spiro atoms. The number of sulfonamides is 1. The summed E-state index contributed by atoms with van der Waals surface area (Å²) < 4.78 is 40.5. The van der Waals surface area contributed by atoms with Gasteiger partial charge in [-0.05, 0) is 62.7 Å². The lowest BCUT2D eigenvalue weighted by molar-refractivity contribution is -0.139. The molecule has 0 aliphatic rings. The standard InChI is InChI=1S/C29H34BrN3O6S/c1-6-31-29(35)21(3)32(18-22-9-11-23(30)12-10-22)28(34)19-33(24-13-7-20(2)8-14-24)40(36,37)25-15-16-26(38-4)27(17-25)39-5/h7-17,21H,6,18-19H2,1-5H3,(H,31,35)/t21-/m1/s1. The molecule has 11 heteroatoms. The lowest BCUT2D eigenvalue weighted by atomic mass is 10.1. The smallest absolute Gasteiger partial charge is 0.264 e. The van der Waals surface area contributed by atoms with E-state index in [1.54, 1.807) is 38.1 Å². The predicted molar refractivity (Wildman–Crippen MR) is 158 cm³/mol. The first-order valence-electron chi connectivity index (χ1n) is 12.6. The van der Waals surface area contributed by atoms with Crippen molar-refractivity contribution in [1.82, 2.24) is 10.2 Å². The number of carbonyl (C=O) groups is 2. The van der Waals surface area contributed by atoms with Crippen molar-refractivity contribution in [3.05, 3.63) is 82.3 Å². The molecule has 0 radical (unpaired) electrons. The summed E-state index contributed by atoms with van der Waals surface area (Å²) in [6.45, 7) is 5.28. The Balaban J connectivity index is 2.06. The SMILES string of the molecule is CCNC(=O)[C@@H](C)N(Cc1ccc(Br)cc1)C(=O)CN(c1ccc(C)cc1)S(=O)(=O)c1ccc(OC)c(OC)c1. The van der Waals surface area contributed by atoms with Gasteiger partial charge in [0.1, 0.15) is 12.6 Å². The lowest BCUT2D eigenvalue weighted by Crippen LogP contribution is -2.51. The van der Waals surface area contributed by atoms with E-state index in [1.807, 2.05) is 31.2 Å². The van der Waals surface area contributed by atoms with Crippen LogP contribution in [-0.4, -0.2) is 58.5 Å². The summed E-state index contributed by atoms with van der Waals surface area (Å²) in [6.07, 6.45) is 0. The molecule has 0 aromatic heterocycles. The first kappa shape index (κ1) is 31.0. The highest BCUT2D eigenvalue weighted by Crippen LogP contribution is 2.32. The van der Waals surface area contributed by atoms with Crippen LogP contribution < -0.4 is 19.1 Å². The first-order chi connectivity index (χ1) is 19.0. The second-order valence-electron chi connectivity index (χ2n) is 9.08. The number of methoxy groups -OCH3 is 2. The number of anilines is 1. The minimum absolute atomic E-state index is 0.0743. The van der Waals surface area contributed by atoms with Crippen LogP contribution in [0.4, 0.5) is 5.69 Å². The van der Waals surface area contributed by atoms with Gasteiger partial charge in [-0.15, -0.1) is 0 Å². The molecule has 0 fully saturated rings. The summed E-state index contributed by atoms with van der Waals surface area (Å²) in [5, 5.41) is 2.75. The molecule has 214 valence electrons. The van der Waals surface area contributed by atoms with E-state index in [0.717, 1.165) is 19.9 Å². The van der Waals surface area contributed by atoms with Crippen molar-refractivity contribution >= 4 is 43.5 Å². The van der Waals surface area contributed by atoms with Crippen molar-refractivity contribution in [3.63, 3.8) is 0 Å². The van der Waals surface area contributed by atoms with Crippen LogP contribution in [0.25, 0.3) is 0 Å². The van der Waals surface area contributed by atoms with E-state index in [2.05, 4.69) is 21.2 Å². The average molecular weight is 633 g/mol.